The van der Waals surface area contributed by atoms with Gasteiger partial charge in [0, 0.05) is 18.8 Å². The zero-order valence-electron chi connectivity index (χ0n) is 15.5. The van der Waals surface area contributed by atoms with E-state index >= 15 is 0 Å². The first-order chi connectivity index (χ1) is 11.3. The van der Waals surface area contributed by atoms with Crippen molar-refractivity contribution in [3.05, 3.63) is 12.2 Å². The van der Waals surface area contributed by atoms with Crippen LogP contribution < -0.4 is 0 Å². The Morgan fingerprint density at radius 3 is 1.75 bits per heavy atom. The second-order valence-corrected chi connectivity index (χ2v) is 5.98. The molecule has 1 unspecified atom stereocenters. The summed E-state index contributed by atoms with van der Waals surface area (Å²) in [4.78, 5) is 22.0. The predicted octanol–water partition coefficient (Wildman–Crippen LogP) is 2.47. The quantitative estimate of drug-likeness (QED) is 0.339. The van der Waals surface area contributed by atoms with Crippen LogP contribution >= 0.6 is 0 Å². The van der Waals surface area contributed by atoms with Crippen molar-refractivity contribution in [1.29, 1.82) is 0 Å². The molecule has 0 aromatic heterocycles. The van der Waals surface area contributed by atoms with Crippen molar-refractivity contribution in [1.82, 2.24) is 0 Å². The molecule has 2 N–H and O–H groups in total. The Bertz CT molecular complexity index is 351. The average Bonchev–Trinajstić information content (AvgIpc) is 2.54. The Labute approximate surface area is 145 Å². The van der Waals surface area contributed by atoms with E-state index in [0.717, 1.165) is 6.42 Å². The molecule has 0 bridgehead atoms. The van der Waals surface area contributed by atoms with Crippen molar-refractivity contribution >= 4 is 11.9 Å². The molecule has 0 heterocycles. The number of esters is 2. The summed E-state index contributed by atoms with van der Waals surface area (Å²) in [6.07, 6.45) is 2.81. The number of aliphatic hydroxyl groups is 2. The highest BCUT2D eigenvalue weighted by molar-refractivity contribution is 5.86. The number of aliphatic hydroxyl groups excluding tert-OH is 2. The van der Waals surface area contributed by atoms with Crippen LogP contribution in [-0.4, -0.2) is 48.6 Å². The molecule has 1 atom stereocenters. The minimum absolute atomic E-state index is 0.0332. The summed E-state index contributed by atoms with van der Waals surface area (Å²) in [5.74, 6) is -0.199. The summed E-state index contributed by atoms with van der Waals surface area (Å²) in [5.41, 5.74) is 0.411. The molecular formula is C18H34O6. The molecule has 0 spiro atoms. The highest BCUT2D eigenvalue weighted by atomic mass is 16.5. The summed E-state index contributed by atoms with van der Waals surface area (Å²) in [5, 5.41) is 16.9. The molecule has 0 aromatic carbocycles. The molecule has 24 heavy (non-hydrogen) atoms. The van der Waals surface area contributed by atoms with Gasteiger partial charge >= 0.3 is 11.9 Å². The van der Waals surface area contributed by atoms with Crippen molar-refractivity contribution in [2.75, 3.05) is 26.4 Å². The predicted molar refractivity (Wildman–Crippen MR) is 93.4 cm³/mol. The van der Waals surface area contributed by atoms with Gasteiger partial charge in [-0.3, -0.25) is 4.79 Å². The normalized spacial score (nSPS) is 11.3. The van der Waals surface area contributed by atoms with Crippen LogP contribution in [0.3, 0.4) is 0 Å². The first-order valence-corrected chi connectivity index (χ1v) is 8.48. The topological polar surface area (TPSA) is 93.1 Å². The van der Waals surface area contributed by atoms with Gasteiger partial charge in [-0.15, -0.1) is 0 Å². The lowest BCUT2D eigenvalue weighted by molar-refractivity contribution is -0.149. The molecule has 0 aromatic rings. The van der Waals surface area contributed by atoms with Gasteiger partial charge in [0.2, 0.25) is 0 Å². The summed E-state index contributed by atoms with van der Waals surface area (Å²) in [6.45, 7) is 12.0. The fourth-order valence-corrected chi connectivity index (χ4v) is 1.29. The number of carbonyl (C=O) groups excluding carboxylic acids is 2. The van der Waals surface area contributed by atoms with Gasteiger partial charge in [0.15, 0.2) is 0 Å². The first-order valence-electron chi connectivity index (χ1n) is 8.48. The highest BCUT2D eigenvalue weighted by Crippen LogP contribution is 2.11. The van der Waals surface area contributed by atoms with Crippen LogP contribution in [-0.2, 0) is 19.1 Å². The van der Waals surface area contributed by atoms with E-state index in [2.05, 4.69) is 6.58 Å². The maximum absolute atomic E-state index is 11.3. The van der Waals surface area contributed by atoms with Crippen LogP contribution in [0.4, 0.5) is 0 Å². The largest absolute Gasteiger partial charge is 0.465 e. The Hall–Kier alpha value is -1.40. The zero-order valence-corrected chi connectivity index (χ0v) is 15.5. The smallest absolute Gasteiger partial charge is 0.333 e. The first kappa shape index (κ1) is 24.8. The number of ether oxygens (including phenoxy) is 2. The standard InChI is InChI=1S/C10H20O3.C8H14O3/c1-8(2)9(3)10(12)13-7-5-4-6-11;1-7(2)8(10)11-6-4-3-5-9/h8-9,11H,4-7H2,1-3H3;9H,1,3-6H2,2H3. The van der Waals surface area contributed by atoms with Crippen molar-refractivity contribution in [2.24, 2.45) is 11.8 Å². The monoisotopic (exact) mass is 346 g/mol. The molecule has 6 nitrogen and oxygen atoms in total. The Morgan fingerprint density at radius 1 is 0.917 bits per heavy atom. The van der Waals surface area contributed by atoms with E-state index in [0.29, 0.717) is 44.0 Å². The molecule has 0 rings (SSSR count). The summed E-state index contributed by atoms with van der Waals surface area (Å²) in [6, 6.07) is 0. The molecule has 0 radical (unpaired) electrons. The molecule has 0 aliphatic rings. The second-order valence-electron chi connectivity index (χ2n) is 5.98. The van der Waals surface area contributed by atoms with Crippen LogP contribution in [0.25, 0.3) is 0 Å². The molecular weight excluding hydrogens is 312 g/mol. The lowest BCUT2D eigenvalue weighted by Crippen LogP contribution is -2.20. The SMILES string of the molecule is C=C(C)C(=O)OCCCCO.CC(C)C(C)C(=O)OCCCCO. The molecule has 0 aliphatic carbocycles. The Morgan fingerprint density at radius 2 is 1.38 bits per heavy atom. The highest BCUT2D eigenvalue weighted by Gasteiger charge is 2.17. The van der Waals surface area contributed by atoms with Crippen LogP contribution in [0.1, 0.15) is 53.4 Å². The summed E-state index contributed by atoms with van der Waals surface area (Å²) < 4.78 is 9.77. The number of unbranched alkanes of at least 4 members (excludes halogenated alkanes) is 2. The fraction of sp³-hybridized carbons (Fsp3) is 0.778. The van der Waals surface area contributed by atoms with E-state index in [-0.39, 0.29) is 31.1 Å². The molecule has 142 valence electrons. The molecule has 0 fully saturated rings. The minimum Gasteiger partial charge on any atom is -0.465 e. The maximum Gasteiger partial charge on any atom is 0.333 e. The third kappa shape index (κ3) is 15.5. The van der Waals surface area contributed by atoms with E-state index < -0.39 is 0 Å². The van der Waals surface area contributed by atoms with Crippen LogP contribution in [0.5, 0.6) is 0 Å². The number of hydrogen-bond donors (Lipinski definition) is 2. The third-order valence-corrected chi connectivity index (χ3v) is 3.30. The van der Waals surface area contributed by atoms with Gasteiger partial charge in [-0.1, -0.05) is 27.4 Å². The molecule has 0 saturated carbocycles. The maximum atomic E-state index is 11.3. The van der Waals surface area contributed by atoms with Gasteiger partial charge in [0.25, 0.3) is 0 Å². The van der Waals surface area contributed by atoms with Gasteiger partial charge in [-0.2, -0.15) is 0 Å². The van der Waals surface area contributed by atoms with Crippen LogP contribution in [0.15, 0.2) is 12.2 Å². The average molecular weight is 346 g/mol. The van der Waals surface area contributed by atoms with Gasteiger partial charge in [0.1, 0.15) is 0 Å². The van der Waals surface area contributed by atoms with E-state index in [9.17, 15) is 9.59 Å². The molecule has 0 amide bonds. The number of hydrogen-bond acceptors (Lipinski definition) is 6. The number of rotatable bonds is 11. The lowest BCUT2D eigenvalue weighted by Gasteiger charge is -2.14. The van der Waals surface area contributed by atoms with Crippen molar-refractivity contribution in [2.45, 2.75) is 53.4 Å². The second kappa shape index (κ2) is 16.5. The van der Waals surface area contributed by atoms with Gasteiger partial charge < -0.3 is 19.7 Å². The molecule has 0 aliphatic heterocycles. The van der Waals surface area contributed by atoms with E-state index in [1.165, 1.54) is 0 Å². The molecule has 0 saturated heterocycles. The Kier molecular flexibility index (Phi) is 17.0. The Balaban J connectivity index is 0. The fourth-order valence-electron chi connectivity index (χ4n) is 1.29. The molecule has 6 heteroatoms. The van der Waals surface area contributed by atoms with Crippen LogP contribution in [0, 0.1) is 11.8 Å². The van der Waals surface area contributed by atoms with E-state index in [1.54, 1.807) is 6.92 Å². The number of carbonyl (C=O) groups is 2. The van der Waals surface area contributed by atoms with Crippen molar-refractivity contribution < 1.29 is 29.3 Å². The summed E-state index contributed by atoms with van der Waals surface area (Å²) >= 11 is 0. The minimum atomic E-state index is -0.358. The van der Waals surface area contributed by atoms with Gasteiger partial charge in [-0.05, 0) is 38.5 Å². The third-order valence-electron chi connectivity index (χ3n) is 3.30. The lowest BCUT2D eigenvalue weighted by atomic mass is 9.99. The van der Waals surface area contributed by atoms with Gasteiger partial charge in [0.05, 0.1) is 19.1 Å². The van der Waals surface area contributed by atoms with Crippen molar-refractivity contribution in [3.63, 3.8) is 0 Å². The summed E-state index contributed by atoms with van der Waals surface area (Å²) in [7, 11) is 0. The zero-order chi connectivity index (χ0) is 19.0. The van der Waals surface area contributed by atoms with E-state index in [4.69, 9.17) is 19.7 Å². The van der Waals surface area contributed by atoms with Gasteiger partial charge in [-0.25, -0.2) is 4.79 Å². The van der Waals surface area contributed by atoms with E-state index in [1.807, 2.05) is 20.8 Å². The van der Waals surface area contributed by atoms with Crippen molar-refractivity contribution in [3.8, 4) is 0 Å². The van der Waals surface area contributed by atoms with Crippen LogP contribution in [0.2, 0.25) is 0 Å².